The third-order valence-electron chi connectivity index (χ3n) is 2.21. The number of aromatic amines is 1. The Labute approximate surface area is 80.6 Å². The van der Waals surface area contributed by atoms with Crippen LogP contribution in [0, 0.1) is 18.3 Å². The first-order valence-corrected chi connectivity index (χ1v) is 4.26. The number of fused-ring (bicyclic) bond motifs is 1. The molecule has 1 aromatic carbocycles. The van der Waals surface area contributed by atoms with E-state index in [0.717, 1.165) is 5.52 Å². The fraction of sp³-hybridized carbons (Fsp3) is 0.0909. The number of hydrogen-bond donors (Lipinski definition) is 1. The Bertz CT molecular complexity index is 590. The maximum atomic E-state index is 11.7. The van der Waals surface area contributed by atoms with Crippen molar-refractivity contribution in [3.8, 4) is 6.07 Å². The highest BCUT2D eigenvalue weighted by Gasteiger charge is 2.06. The van der Waals surface area contributed by atoms with Crippen molar-refractivity contribution in [1.82, 2.24) is 4.98 Å². The fourth-order valence-corrected chi connectivity index (χ4v) is 1.49. The van der Waals surface area contributed by atoms with Gasteiger partial charge >= 0.3 is 0 Å². The maximum Gasteiger partial charge on any atom is 0.207 e. The molecule has 0 aliphatic carbocycles. The second kappa shape index (κ2) is 3.00. The van der Waals surface area contributed by atoms with Crippen molar-refractivity contribution < 1.29 is 0 Å². The summed E-state index contributed by atoms with van der Waals surface area (Å²) in [5.41, 5.74) is 1.40. The molecular formula is C11H8N2O. The van der Waals surface area contributed by atoms with Gasteiger partial charge in [0.25, 0.3) is 0 Å². The van der Waals surface area contributed by atoms with Gasteiger partial charge in [0.05, 0.1) is 0 Å². The van der Waals surface area contributed by atoms with Gasteiger partial charge < -0.3 is 4.98 Å². The predicted molar refractivity (Wildman–Crippen MR) is 54.0 cm³/mol. The number of benzene rings is 1. The van der Waals surface area contributed by atoms with Gasteiger partial charge in [0.2, 0.25) is 5.43 Å². The summed E-state index contributed by atoms with van der Waals surface area (Å²) < 4.78 is 0. The molecule has 0 bridgehead atoms. The number of para-hydroxylation sites is 1. The highest BCUT2D eigenvalue weighted by Crippen LogP contribution is 2.09. The summed E-state index contributed by atoms with van der Waals surface area (Å²) in [5, 5.41) is 9.35. The number of hydrogen-bond acceptors (Lipinski definition) is 2. The summed E-state index contributed by atoms with van der Waals surface area (Å²) in [5.74, 6) is 0. The summed E-state index contributed by atoms with van der Waals surface area (Å²) in [6, 6.07) is 9.09. The van der Waals surface area contributed by atoms with Crippen LogP contribution in [0.4, 0.5) is 0 Å². The van der Waals surface area contributed by atoms with Crippen LogP contribution in [0.5, 0.6) is 0 Å². The average Bonchev–Trinajstić information content (AvgIpc) is 2.18. The molecule has 0 saturated heterocycles. The van der Waals surface area contributed by atoms with Crippen LogP contribution in [0.2, 0.25) is 0 Å². The van der Waals surface area contributed by atoms with E-state index in [4.69, 9.17) is 5.26 Å². The van der Waals surface area contributed by atoms with Crippen LogP contribution in [0.1, 0.15) is 11.3 Å². The van der Waals surface area contributed by atoms with E-state index in [1.807, 2.05) is 18.2 Å². The van der Waals surface area contributed by atoms with Crippen molar-refractivity contribution in [1.29, 1.82) is 5.26 Å². The number of pyridine rings is 1. The smallest absolute Gasteiger partial charge is 0.207 e. The summed E-state index contributed by atoms with van der Waals surface area (Å²) in [7, 11) is 0. The number of H-pyrrole nitrogens is 1. The van der Waals surface area contributed by atoms with Gasteiger partial charge in [0.1, 0.15) is 11.6 Å². The lowest BCUT2D eigenvalue weighted by molar-refractivity contribution is 1.21. The van der Waals surface area contributed by atoms with Crippen molar-refractivity contribution in [3.63, 3.8) is 0 Å². The lowest BCUT2D eigenvalue weighted by Gasteiger charge is -2.01. The van der Waals surface area contributed by atoms with Crippen molar-refractivity contribution in [3.05, 3.63) is 45.7 Å². The minimum atomic E-state index is -0.195. The fourth-order valence-electron chi connectivity index (χ4n) is 1.49. The first kappa shape index (κ1) is 8.52. The lowest BCUT2D eigenvalue weighted by atomic mass is 10.1. The van der Waals surface area contributed by atoms with E-state index in [-0.39, 0.29) is 11.0 Å². The Kier molecular flexibility index (Phi) is 1.83. The summed E-state index contributed by atoms with van der Waals surface area (Å²) >= 11 is 0. The zero-order chi connectivity index (χ0) is 10.1. The monoisotopic (exact) mass is 184 g/mol. The predicted octanol–water partition coefficient (Wildman–Crippen LogP) is 1.71. The van der Waals surface area contributed by atoms with Crippen molar-refractivity contribution >= 4 is 10.9 Å². The molecule has 0 unspecified atom stereocenters. The molecule has 1 heterocycles. The Morgan fingerprint density at radius 3 is 2.79 bits per heavy atom. The third-order valence-corrected chi connectivity index (χ3v) is 2.21. The van der Waals surface area contributed by atoms with Gasteiger partial charge in [-0.1, -0.05) is 12.1 Å². The standard InChI is InChI=1S/C11H8N2O/c1-7-9(6-12)11(14)8-4-2-3-5-10(8)13-7/h2-5H,1H3,(H,13,14). The molecule has 1 N–H and O–H groups in total. The van der Waals surface area contributed by atoms with Crippen LogP contribution in [0.25, 0.3) is 10.9 Å². The minimum Gasteiger partial charge on any atom is -0.357 e. The number of nitrogens with one attached hydrogen (secondary N) is 1. The highest BCUT2D eigenvalue weighted by molar-refractivity contribution is 5.79. The normalized spacial score (nSPS) is 10.0. The highest BCUT2D eigenvalue weighted by atomic mass is 16.1. The number of nitrogens with zero attached hydrogens (tertiary/aromatic N) is 1. The van der Waals surface area contributed by atoms with E-state index in [0.29, 0.717) is 11.1 Å². The van der Waals surface area contributed by atoms with Gasteiger partial charge in [-0.3, -0.25) is 4.79 Å². The molecule has 0 fully saturated rings. The van der Waals surface area contributed by atoms with E-state index in [1.165, 1.54) is 0 Å². The molecule has 0 saturated carbocycles. The minimum absolute atomic E-state index is 0.195. The SMILES string of the molecule is Cc1[nH]c2ccccc2c(=O)c1C#N. The van der Waals surface area contributed by atoms with Gasteiger partial charge in [-0.2, -0.15) is 5.26 Å². The molecule has 0 spiro atoms. The van der Waals surface area contributed by atoms with E-state index in [9.17, 15) is 4.79 Å². The molecule has 0 radical (unpaired) electrons. The number of rotatable bonds is 0. The largest absolute Gasteiger partial charge is 0.357 e. The number of nitriles is 1. The molecule has 68 valence electrons. The second-order valence-corrected chi connectivity index (χ2v) is 3.11. The van der Waals surface area contributed by atoms with Crippen LogP contribution < -0.4 is 5.43 Å². The molecule has 0 aliphatic heterocycles. The molecule has 2 aromatic rings. The van der Waals surface area contributed by atoms with Gasteiger partial charge in [0.15, 0.2) is 0 Å². The second-order valence-electron chi connectivity index (χ2n) is 3.11. The first-order valence-electron chi connectivity index (χ1n) is 4.26. The summed E-state index contributed by atoms with van der Waals surface area (Å²) in [6.07, 6.45) is 0. The summed E-state index contributed by atoms with van der Waals surface area (Å²) in [4.78, 5) is 14.8. The van der Waals surface area contributed by atoms with Crippen LogP contribution in [0.15, 0.2) is 29.1 Å². The lowest BCUT2D eigenvalue weighted by Crippen LogP contribution is -2.10. The third kappa shape index (κ3) is 1.09. The Morgan fingerprint density at radius 1 is 1.36 bits per heavy atom. The van der Waals surface area contributed by atoms with Crippen molar-refractivity contribution in [2.24, 2.45) is 0 Å². The molecule has 2 rings (SSSR count). The van der Waals surface area contributed by atoms with E-state index < -0.39 is 0 Å². The molecule has 1 aromatic heterocycles. The molecular weight excluding hydrogens is 176 g/mol. The number of aromatic nitrogens is 1. The number of aryl methyl sites for hydroxylation is 1. The zero-order valence-electron chi connectivity index (χ0n) is 7.66. The maximum absolute atomic E-state index is 11.7. The Hall–Kier alpha value is -2.08. The molecule has 14 heavy (non-hydrogen) atoms. The Balaban J connectivity index is 3.03. The molecule has 3 nitrogen and oxygen atoms in total. The first-order chi connectivity index (χ1) is 6.74. The molecule has 0 atom stereocenters. The van der Waals surface area contributed by atoms with Gasteiger partial charge in [-0.25, -0.2) is 0 Å². The van der Waals surface area contributed by atoms with Gasteiger partial charge in [0, 0.05) is 16.6 Å². The zero-order valence-corrected chi connectivity index (χ0v) is 7.66. The molecule has 0 aliphatic rings. The van der Waals surface area contributed by atoms with Gasteiger partial charge in [-0.15, -0.1) is 0 Å². The average molecular weight is 184 g/mol. The van der Waals surface area contributed by atoms with Crippen molar-refractivity contribution in [2.45, 2.75) is 6.92 Å². The van der Waals surface area contributed by atoms with E-state index in [1.54, 1.807) is 19.1 Å². The topological polar surface area (TPSA) is 56.6 Å². The van der Waals surface area contributed by atoms with E-state index >= 15 is 0 Å². The van der Waals surface area contributed by atoms with Crippen LogP contribution in [-0.4, -0.2) is 4.98 Å². The van der Waals surface area contributed by atoms with Crippen LogP contribution in [0.3, 0.4) is 0 Å². The van der Waals surface area contributed by atoms with E-state index in [2.05, 4.69) is 4.98 Å². The van der Waals surface area contributed by atoms with Crippen LogP contribution in [-0.2, 0) is 0 Å². The van der Waals surface area contributed by atoms with Gasteiger partial charge in [-0.05, 0) is 19.1 Å². The molecule has 0 amide bonds. The van der Waals surface area contributed by atoms with Crippen molar-refractivity contribution in [2.75, 3.05) is 0 Å². The quantitative estimate of drug-likeness (QED) is 0.677. The Morgan fingerprint density at radius 2 is 2.07 bits per heavy atom. The molecule has 3 heteroatoms. The summed E-state index contributed by atoms with van der Waals surface area (Å²) in [6.45, 7) is 1.73. The van der Waals surface area contributed by atoms with Crippen LogP contribution >= 0.6 is 0 Å².